The molecular formula is C14H10Cl2F3NO2. The van der Waals surface area contributed by atoms with Gasteiger partial charge in [-0.25, -0.2) is 0 Å². The van der Waals surface area contributed by atoms with Crippen LogP contribution in [0.5, 0.6) is 5.75 Å². The third-order valence-corrected chi connectivity index (χ3v) is 3.34. The van der Waals surface area contributed by atoms with Gasteiger partial charge >= 0.3 is 6.18 Å². The van der Waals surface area contributed by atoms with Gasteiger partial charge in [-0.3, -0.25) is 4.79 Å². The minimum absolute atomic E-state index is 0.0265. The van der Waals surface area contributed by atoms with Gasteiger partial charge in [0.1, 0.15) is 12.4 Å². The number of benzene rings is 1. The molecule has 0 aliphatic heterocycles. The molecule has 0 aliphatic carbocycles. The van der Waals surface area contributed by atoms with Crippen LogP contribution in [0.3, 0.4) is 0 Å². The third kappa shape index (κ3) is 4.18. The molecule has 0 spiro atoms. The molecule has 1 aromatic carbocycles. The number of nitrogens with zero attached hydrogens (tertiary/aromatic N) is 1. The molecule has 2 aromatic rings. The van der Waals surface area contributed by atoms with Crippen molar-refractivity contribution >= 4 is 23.2 Å². The van der Waals surface area contributed by atoms with E-state index in [0.29, 0.717) is 15.8 Å². The van der Waals surface area contributed by atoms with Crippen LogP contribution in [0.15, 0.2) is 41.3 Å². The molecule has 0 saturated carbocycles. The minimum Gasteiger partial charge on any atom is -0.490 e. The molecule has 8 heteroatoms. The quantitative estimate of drug-likeness (QED) is 0.824. The van der Waals surface area contributed by atoms with Crippen molar-refractivity contribution in [3.05, 3.63) is 62.5 Å². The Kier molecular flexibility index (Phi) is 5.03. The molecule has 0 aliphatic rings. The smallest absolute Gasteiger partial charge is 0.417 e. The Labute approximate surface area is 133 Å². The number of halogens is 5. The molecule has 118 valence electrons. The van der Waals surface area contributed by atoms with Crippen molar-refractivity contribution in [2.45, 2.75) is 12.7 Å². The molecule has 0 amide bonds. The molecule has 3 nitrogen and oxygen atoms in total. The van der Waals surface area contributed by atoms with E-state index in [1.807, 2.05) is 0 Å². The molecular weight excluding hydrogens is 342 g/mol. The molecule has 0 atom stereocenters. The summed E-state index contributed by atoms with van der Waals surface area (Å²) in [6.45, 7) is -0.0765. The van der Waals surface area contributed by atoms with E-state index in [2.05, 4.69) is 0 Å². The number of ether oxygens (including phenoxy) is 1. The normalized spacial score (nSPS) is 11.5. The van der Waals surface area contributed by atoms with Crippen molar-refractivity contribution < 1.29 is 17.9 Å². The summed E-state index contributed by atoms with van der Waals surface area (Å²) < 4.78 is 44.1. The molecule has 0 unspecified atom stereocenters. The van der Waals surface area contributed by atoms with Gasteiger partial charge in [-0.2, -0.15) is 13.2 Å². The maximum Gasteiger partial charge on any atom is 0.417 e. The molecule has 2 rings (SSSR count). The molecule has 22 heavy (non-hydrogen) atoms. The second-order valence-corrected chi connectivity index (χ2v) is 5.21. The van der Waals surface area contributed by atoms with Gasteiger partial charge in [0, 0.05) is 23.4 Å². The van der Waals surface area contributed by atoms with E-state index < -0.39 is 17.3 Å². The van der Waals surface area contributed by atoms with E-state index in [1.165, 1.54) is 12.1 Å². The Morgan fingerprint density at radius 2 is 1.86 bits per heavy atom. The predicted molar refractivity (Wildman–Crippen MR) is 77.7 cm³/mol. The van der Waals surface area contributed by atoms with Crippen molar-refractivity contribution in [1.29, 1.82) is 0 Å². The van der Waals surface area contributed by atoms with Crippen LogP contribution in [0.2, 0.25) is 10.0 Å². The zero-order chi connectivity index (χ0) is 16.3. The molecule has 0 fully saturated rings. The lowest BCUT2D eigenvalue weighted by molar-refractivity contribution is -0.138. The van der Waals surface area contributed by atoms with Crippen LogP contribution < -0.4 is 10.3 Å². The fraction of sp³-hybridized carbons (Fsp3) is 0.214. The van der Waals surface area contributed by atoms with Gasteiger partial charge in [0.25, 0.3) is 5.56 Å². The zero-order valence-electron chi connectivity index (χ0n) is 11.0. The monoisotopic (exact) mass is 351 g/mol. The number of alkyl halides is 3. The average molecular weight is 352 g/mol. The highest BCUT2D eigenvalue weighted by molar-refractivity contribution is 6.34. The van der Waals surface area contributed by atoms with Crippen molar-refractivity contribution in [3.63, 3.8) is 0 Å². The number of pyridine rings is 1. The maximum absolute atomic E-state index is 12.6. The van der Waals surface area contributed by atoms with E-state index in [9.17, 15) is 18.0 Å². The van der Waals surface area contributed by atoms with Gasteiger partial charge in [-0.15, -0.1) is 0 Å². The Hall–Kier alpha value is -1.66. The van der Waals surface area contributed by atoms with E-state index in [0.717, 1.165) is 22.9 Å². The Bertz CT molecular complexity index is 729. The molecule has 0 saturated heterocycles. The van der Waals surface area contributed by atoms with Crippen molar-refractivity contribution in [2.75, 3.05) is 6.61 Å². The predicted octanol–water partition coefficient (Wildman–Crippen LogP) is 4.25. The Morgan fingerprint density at radius 3 is 2.55 bits per heavy atom. The molecule has 0 bridgehead atoms. The topological polar surface area (TPSA) is 31.2 Å². The van der Waals surface area contributed by atoms with Crippen LogP contribution in [0.4, 0.5) is 13.2 Å². The van der Waals surface area contributed by atoms with Gasteiger partial charge in [-0.05, 0) is 18.2 Å². The summed E-state index contributed by atoms with van der Waals surface area (Å²) in [5.74, 6) is 0.300. The number of hydrogen-bond donors (Lipinski definition) is 0. The van der Waals surface area contributed by atoms with E-state index in [4.69, 9.17) is 27.9 Å². The van der Waals surface area contributed by atoms with Crippen LogP contribution in [0.25, 0.3) is 0 Å². The van der Waals surface area contributed by atoms with Gasteiger partial charge < -0.3 is 9.30 Å². The minimum atomic E-state index is -4.51. The van der Waals surface area contributed by atoms with Crippen LogP contribution in [0, 0.1) is 0 Å². The first kappa shape index (κ1) is 16.7. The summed E-state index contributed by atoms with van der Waals surface area (Å²) in [6, 6.07) is 6.21. The first-order valence-corrected chi connectivity index (χ1v) is 6.88. The van der Waals surface area contributed by atoms with Crippen LogP contribution in [-0.2, 0) is 12.7 Å². The third-order valence-electron chi connectivity index (χ3n) is 2.79. The van der Waals surface area contributed by atoms with Gasteiger partial charge in [0.15, 0.2) is 0 Å². The second kappa shape index (κ2) is 6.62. The average Bonchev–Trinajstić information content (AvgIpc) is 2.43. The standard InChI is InChI=1S/C14H10Cl2F3NO2/c15-10-2-3-11(16)12(7-10)22-6-5-20-8-9(14(17,18)19)1-4-13(20)21/h1-4,7-8H,5-6H2. The zero-order valence-corrected chi connectivity index (χ0v) is 12.5. The summed E-state index contributed by atoms with van der Waals surface area (Å²) in [5, 5.41) is 0.733. The lowest BCUT2D eigenvalue weighted by Crippen LogP contribution is -2.24. The second-order valence-electron chi connectivity index (χ2n) is 4.37. The van der Waals surface area contributed by atoms with Crippen molar-refractivity contribution in [3.8, 4) is 5.75 Å². The maximum atomic E-state index is 12.6. The molecule has 1 heterocycles. The number of aromatic nitrogens is 1. The van der Waals surface area contributed by atoms with Crippen LogP contribution >= 0.6 is 23.2 Å². The highest BCUT2D eigenvalue weighted by atomic mass is 35.5. The fourth-order valence-corrected chi connectivity index (χ4v) is 2.05. The summed E-state index contributed by atoms with van der Waals surface area (Å²) in [5.41, 5.74) is -1.44. The van der Waals surface area contributed by atoms with Crippen LogP contribution in [0.1, 0.15) is 5.56 Å². The lowest BCUT2D eigenvalue weighted by Gasteiger charge is -2.12. The SMILES string of the molecule is O=c1ccc(C(F)(F)F)cn1CCOc1cc(Cl)ccc1Cl. The fourth-order valence-electron chi connectivity index (χ4n) is 1.72. The first-order valence-electron chi connectivity index (χ1n) is 6.13. The molecule has 0 N–H and O–H groups in total. The summed E-state index contributed by atoms with van der Waals surface area (Å²) >= 11 is 11.7. The van der Waals surface area contributed by atoms with E-state index in [1.54, 1.807) is 6.07 Å². The van der Waals surface area contributed by atoms with Gasteiger partial charge in [0.05, 0.1) is 17.1 Å². The molecule has 0 radical (unpaired) electrons. The Balaban J connectivity index is 2.09. The summed E-state index contributed by atoms with van der Waals surface area (Å²) in [7, 11) is 0. The summed E-state index contributed by atoms with van der Waals surface area (Å²) in [6.07, 6.45) is -3.75. The van der Waals surface area contributed by atoms with Crippen molar-refractivity contribution in [1.82, 2.24) is 4.57 Å². The summed E-state index contributed by atoms with van der Waals surface area (Å²) in [4.78, 5) is 11.6. The van der Waals surface area contributed by atoms with E-state index in [-0.39, 0.29) is 13.2 Å². The van der Waals surface area contributed by atoms with Crippen molar-refractivity contribution in [2.24, 2.45) is 0 Å². The first-order chi connectivity index (χ1) is 10.3. The van der Waals surface area contributed by atoms with Gasteiger partial charge in [0.2, 0.25) is 0 Å². The number of rotatable bonds is 4. The molecule has 1 aromatic heterocycles. The largest absolute Gasteiger partial charge is 0.490 e. The van der Waals surface area contributed by atoms with Gasteiger partial charge in [-0.1, -0.05) is 23.2 Å². The highest BCUT2D eigenvalue weighted by Crippen LogP contribution is 2.29. The van der Waals surface area contributed by atoms with E-state index >= 15 is 0 Å². The Morgan fingerprint density at radius 1 is 1.14 bits per heavy atom. The van der Waals surface area contributed by atoms with Crippen LogP contribution in [-0.4, -0.2) is 11.2 Å². The lowest BCUT2D eigenvalue weighted by atomic mass is 10.3. The highest BCUT2D eigenvalue weighted by Gasteiger charge is 2.30. The number of hydrogen-bond acceptors (Lipinski definition) is 2.